The second-order valence-electron chi connectivity index (χ2n) is 5.67. The van der Waals surface area contributed by atoms with Crippen LogP contribution in [-0.2, 0) is 6.42 Å². The maximum atomic E-state index is 10.4. The van der Waals surface area contributed by atoms with Crippen molar-refractivity contribution in [3.05, 3.63) is 47.5 Å². The van der Waals surface area contributed by atoms with Gasteiger partial charge in [0, 0.05) is 5.92 Å². The molecule has 0 bridgehead atoms. The molecule has 2 aromatic rings. The second kappa shape index (κ2) is 5.34. The van der Waals surface area contributed by atoms with E-state index in [9.17, 15) is 5.11 Å². The minimum absolute atomic E-state index is 0.162. The molecule has 0 aliphatic heterocycles. The van der Waals surface area contributed by atoms with E-state index in [0.29, 0.717) is 5.92 Å². The van der Waals surface area contributed by atoms with Crippen LogP contribution in [0.15, 0.2) is 36.4 Å². The summed E-state index contributed by atoms with van der Waals surface area (Å²) in [4.78, 5) is 0. The van der Waals surface area contributed by atoms with Crippen LogP contribution in [0.25, 0.3) is 10.8 Å². The van der Waals surface area contributed by atoms with Crippen molar-refractivity contribution in [1.29, 1.82) is 0 Å². The van der Waals surface area contributed by atoms with Gasteiger partial charge in [-0.15, -0.1) is 0 Å². The number of aliphatic hydroxyl groups excluding tert-OH is 1. The summed E-state index contributed by atoms with van der Waals surface area (Å²) in [5.74, 6) is 0.329. The fraction of sp³-hybridized carbons (Fsp3) is 0.444. The van der Waals surface area contributed by atoms with Gasteiger partial charge >= 0.3 is 0 Å². The normalized spacial score (nSPS) is 23.7. The number of rotatable bonds is 2. The van der Waals surface area contributed by atoms with E-state index in [4.69, 9.17) is 0 Å². The molecule has 0 heterocycles. The van der Waals surface area contributed by atoms with E-state index < -0.39 is 0 Å². The van der Waals surface area contributed by atoms with Crippen molar-refractivity contribution in [2.24, 2.45) is 0 Å². The van der Waals surface area contributed by atoms with Crippen molar-refractivity contribution < 1.29 is 5.11 Å². The first-order valence-electron chi connectivity index (χ1n) is 7.50. The Morgan fingerprint density at radius 2 is 1.84 bits per heavy atom. The molecule has 1 N–H and O–H groups in total. The van der Waals surface area contributed by atoms with Crippen molar-refractivity contribution in [2.45, 2.75) is 51.0 Å². The van der Waals surface area contributed by atoms with Gasteiger partial charge in [0.25, 0.3) is 0 Å². The monoisotopic (exact) mass is 254 g/mol. The summed E-state index contributed by atoms with van der Waals surface area (Å²) in [5.41, 5.74) is 2.82. The predicted molar refractivity (Wildman–Crippen MR) is 80.5 cm³/mol. The van der Waals surface area contributed by atoms with Crippen LogP contribution in [0.3, 0.4) is 0 Å². The number of fused-ring (bicyclic) bond motifs is 1. The third-order valence-corrected chi connectivity index (χ3v) is 4.54. The second-order valence-corrected chi connectivity index (χ2v) is 5.67. The maximum absolute atomic E-state index is 10.4. The number of aryl methyl sites for hydroxylation is 1. The van der Waals surface area contributed by atoms with Crippen molar-refractivity contribution in [3.63, 3.8) is 0 Å². The first-order valence-corrected chi connectivity index (χ1v) is 7.50. The Morgan fingerprint density at radius 3 is 2.63 bits per heavy atom. The summed E-state index contributed by atoms with van der Waals surface area (Å²) in [6.07, 6.45) is 5.38. The zero-order valence-corrected chi connectivity index (χ0v) is 11.6. The lowest BCUT2D eigenvalue weighted by Crippen LogP contribution is -2.23. The number of benzene rings is 2. The molecule has 1 aliphatic rings. The Bertz CT molecular complexity index is 573. The Balaban J connectivity index is 2.18. The Labute approximate surface area is 115 Å². The summed E-state index contributed by atoms with van der Waals surface area (Å²) >= 11 is 0. The quantitative estimate of drug-likeness (QED) is 0.841. The summed E-state index contributed by atoms with van der Waals surface area (Å²) < 4.78 is 0. The topological polar surface area (TPSA) is 20.2 Å². The zero-order valence-electron chi connectivity index (χ0n) is 11.6. The number of hydrogen-bond donors (Lipinski definition) is 1. The average molecular weight is 254 g/mol. The Morgan fingerprint density at radius 1 is 1.05 bits per heavy atom. The van der Waals surface area contributed by atoms with Crippen LogP contribution in [0, 0.1) is 0 Å². The highest BCUT2D eigenvalue weighted by molar-refractivity contribution is 5.87. The van der Waals surface area contributed by atoms with Crippen LogP contribution in [0.4, 0.5) is 0 Å². The van der Waals surface area contributed by atoms with Gasteiger partial charge in [-0.25, -0.2) is 0 Å². The van der Waals surface area contributed by atoms with E-state index in [2.05, 4.69) is 43.3 Å². The molecule has 2 atom stereocenters. The first-order chi connectivity index (χ1) is 9.31. The lowest BCUT2D eigenvalue weighted by molar-refractivity contribution is 0.106. The van der Waals surface area contributed by atoms with Gasteiger partial charge in [0.1, 0.15) is 0 Å². The molecule has 1 saturated carbocycles. The smallest absolute Gasteiger partial charge is 0.0609 e. The van der Waals surface area contributed by atoms with E-state index in [1.54, 1.807) is 0 Å². The standard InChI is InChI=1S/C18H22O/c1-2-13-11-12-14-7-3-4-8-15(14)18(13)16-9-5-6-10-17(16)19/h3-4,7-8,11-12,16-17,19H,2,5-6,9-10H2,1H3/t16-,17+/m1/s1. The van der Waals surface area contributed by atoms with Crippen LogP contribution in [0.5, 0.6) is 0 Å². The molecular weight excluding hydrogens is 232 g/mol. The van der Waals surface area contributed by atoms with E-state index in [1.807, 2.05) is 0 Å². The summed E-state index contributed by atoms with van der Waals surface area (Å²) in [5, 5.41) is 13.0. The van der Waals surface area contributed by atoms with E-state index in [0.717, 1.165) is 19.3 Å². The lowest BCUT2D eigenvalue weighted by Gasteiger charge is -2.30. The third-order valence-electron chi connectivity index (χ3n) is 4.54. The molecule has 0 saturated heterocycles. The van der Waals surface area contributed by atoms with E-state index in [1.165, 1.54) is 34.7 Å². The summed E-state index contributed by atoms with van der Waals surface area (Å²) in [6.45, 7) is 2.21. The molecule has 1 heteroatoms. The molecule has 0 aromatic heterocycles. The largest absolute Gasteiger partial charge is 0.392 e. The molecule has 0 spiro atoms. The molecular formula is C18H22O. The van der Waals surface area contributed by atoms with Gasteiger partial charge in [0.05, 0.1) is 6.10 Å². The van der Waals surface area contributed by atoms with Gasteiger partial charge in [-0.05, 0) is 41.2 Å². The van der Waals surface area contributed by atoms with Crippen LogP contribution in [-0.4, -0.2) is 11.2 Å². The Kier molecular flexibility index (Phi) is 3.56. The highest BCUT2D eigenvalue weighted by atomic mass is 16.3. The average Bonchev–Trinajstić information content (AvgIpc) is 2.47. The highest BCUT2D eigenvalue weighted by Crippen LogP contribution is 2.38. The summed E-state index contributed by atoms with van der Waals surface area (Å²) in [7, 11) is 0. The van der Waals surface area contributed by atoms with Gasteiger partial charge < -0.3 is 5.11 Å². The van der Waals surface area contributed by atoms with Crippen LogP contribution in [0.1, 0.15) is 49.7 Å². The number of hydrogen-bond acceptors (Lipinski definition) is 1. The lowest BCUT2D eigenvalue weighted by atomic mass is 9.77. The van der Waals surface area contributed by atoms with Gasteiger partial charge in [0.2, 0.25) is 0 Å². The van der Waals surface area contributed by atoms with Crippen molar-refractivity contribution >= 4 is 10.8 Å². The van der Waals surface area contributed by atoms with Gasteiger partial charge in [-0.2, -0.15) is 0 Å². The molecule has 19 heavy (non-hydrogen) atoms. The minimum Gasteiger partial charge on any atom is -0.392 e. The third kappa shape index (κ3) is 2.28. The molecule has 1 aliphatic carbocycles. The van der Waals surface area contributed by atoms with Gasteiger partial charge in [0.15, 0.2) is 0 Å². The highest BCUT2D eigenvalue weighted by Gasteiger charge is 2.27. The van der Waals surface area contributed by atoms with Crippen molar-refractivity contribution in [2.75, 3.05) is 0 Å². The van der Waals surface area contributed by atoms with Gasteiger partial charge in [-0.3, -0.25) is 0 Å². The molecule has 100 valence electrons. The van der Waals surface area contributed by atoms with Crippen LogP contribution >= 0.6 is 0 Å². The predicted octanol–water partition coefficient (Wildman–Crippen LogP) is 4.42. The van der Waals surface area contributed by atoms with Crippen molar-refractivity contribution in [3.8, 4) is 0 Å². The number of aliphatic hydroxyl groups is 1. The molecule has 1 fully saturated rings. The Hall–Kier alpha value is -1.34. The zero-order chi connectivity index (χ0) is 13.2. The van der Waals surface area contributed by atoms with Crippen molar-refractivity contribution in [1.82, 2.24) is 0 Å². The molecule has 0 amide bonds. The molecule has 1 nitrogen and oxygen atoms in total. The molecule has 0 unspecified atom stereocenters. The van der Waals surface area contributed by atoms with Crippen LogP contribution in [0.2, 0.25) is 0 Å². The summed E-state index contributed by atoms with van der Waals surface area (Å²) in [6, 6.07) is 13.1. The fourth-order valence-electron chi connectivity index (χ4n) is 3.53. The van der Waals surface area contributed by atoms with Crippen LogP contribution < -0.4 is 0 Å². The van der Waals surface area contributed by atoms with Gasteiger partial charge in [-0.1, -0.05) is 56.2 Å². The SMILES string of the molecule is CCc1ccc2ccccc2c1[C@@H]1CCCC[C@@H]1O. The van der Waals surface area contributed by atoms with E-state index >= 15 is 0 Å². The molecule has 0 radical (unpaired) electrons. The first kappa shape index (κ1) is 12.7. The molecule has 3 rings (SSSR count). The molecule has 2 aromatic carbocycles. The minimum atomic E-state index is -0.162. The maximum Gasteiger partial charge on any atom is 0.0609 e. The fourth-order valence-corrected chi connectivity index (χ4v) is 3.53. The van der Waals surface area contributed by atoms with E-state index in [-0.39, 0.29) is 6.10 Å².